The minimum Gasteiger partial charge on any atom is -0.495 e. The van der Waals surface area contributed by atoms with Crippen LogP contribution in [0.3, 0.4) is 0 Å². The van der Waals surface area contributed by atoms with Crippen LogP contribution in [-0.4, -0.2) is 27.7 Å². The lowest BCUT2D eigenvalue weighted by molar-refractivity contribution is 0.103. The Balaban J connectivity index is 1.91. The molecule has 0 amide bonds. The molecule has 0 aliphatic carbocycles. The smallest absolute Gasteiger partial charge is 0.214 e. The molecule has 0 fully saturated rings. The third kappa shape index (κ3) is 2.67. The number of aromatic nitrogens is 3. The minimum atomic E-state index is -0.184. The second-order valence-electron chi connectivity index (χ2n) is 4.42. The highest BCUT2D eigenvalue weighted by molar-refractivity contribution is 6.07. The lowest BCUT2D eigenvalue weighted by atomic mass is 10.1. The van der Waals surface area contributed by atoms with Crippen LogP contribution in [0.25, 0.3) is 5.69 Å². The number of pyridine rings is 1. The molecule has 0 radical (unpaired) electrons. The zero-order valence-corrected chi connectivity index (χ0v) is 11.4. The number of hydrogen-bond donors (Lipinski definition) is 0. The van der Waals surface area contributed by atoms with Crippen LogP contribution in [0.4, 0.5) is 0 Å². The number of benzene rings is 1. The van der Waals surface area contributed by atoms with E-state index in [0.29, 0.717) is 17.0 Å². The maximum Gasteiger partial charge on any atom is 0.214 e. The molecular formula is C16H13N3O2. The second-order valence-corrected chi connectivity index (χ2v) is 4.42. The van der Waals surface area contributed by atoms with Gasteiger partial charge in [-0.2, -0.15) is 5.10 Å². The predicted molar refractivity (Wildman–Crippen MR) is 77.8 cm³/mol. The summed E-state index contributed by atoms with van der Waals surface area (Å²) in [6.45, 7) is 0. The lowest BCUT2D eigenvalue weighted by Crippen LogP contribution is -2.05. The molecule has 0 N–H and O–H groups in total. The molecular weight excluding hydrogens is 266 g/mol. The van der Waals surface area contributed by atoms with Gasteiger partial charge < -0.3 is 4.74 Å². The summed E-state index contributed by atoms with van der Waals surface area (Å²) in [6.07, 6.45) is 4.82. The average Bonchev–Trinajstić information content (AvgIpc) is 3.05. The Hall–Kier alpha value is -2.95. The second kappa shape index (κ2) is 5.58. The summed E-state index contributed by atoms with van der Waals surface area (Å²) >= 11 is 0. The topological polar surface area (TPSA) is 57.0 Å². The van der Waals surface area contributed by atoms with Gasteiger partial charge in [-0.05, 0) is 24.3 Å². The molecule has 104 valence electrons. The van der Waals surface area contributed by atoms with Crippen LogP contribution in [-0.2, 0) is 0 Å². The third-order valence-electron chi connectivity index (χ3n) is 3.05. The Morgan fingerprint density at radius 1 is 1.14 bits per heavy atom. The van der Waals surface area contributed by atoms with Crippen molar-refractivity contribution in [3.05, 3.63) is 72.3 Å². The first-order valence-corrected chi connectivity index (χ1v) is 6.43. The Bertz CT molecular complexity index is 766. The van der Waals surface area contributed by atoms with Crippen molar-refractivity contribution in [2.45, 2.75) is 0 Å². The number of rotatable bonds is 4. The molecule has 0 unspecified atom stereocenters. The predicted octanol–water partition coefficient (Wildman–Crippen LogP) is 2.51. The van der Waals surface area contributed by atoms with Crippen molar-refractivity contribution in [3.8, 4) is 11.4 Å². The van der Waals surface area contributed by atoms with Crippen molar-refractivity contribution in [3.63, 3.8) is 0 Å². The van der Waals surface area contributed by atoms with Crippen molar-refractivity contribution in [2.75, 3.05) is 7.11 Å². The first-order valence-electron chi connectivity index (χ1n) is 6.43. The molecule has 0 aliphatic heterocycles. The van der Waals surface area contributed by atoms with Gasteiger partial charge in [-0.3, -0.25) is 9.78 Å². The minimum absolute atomic E-state index is 0.184. The van der Waals surface area contributed by atoms with Crippen LogP contribution in [0.1, 0.15) is 16.1 Å². The van der Waals surface area contributed by atoms with Gasteiger partial charge in [-0.15, -0.1) is 0 Å². The van der Waals surface area contributed by atoms with Crippen molar-refractivity contribution in [1.82, 2.24) is 14.8 Å². The first-order chi connectivity index (χ1) is 10.3. The Morgan fingerprint density at radius 2 is 1.95 bits per heavy atom. The summed E-state index contributed by atoms with van der Waals surface area (Å²) in [4.78, 5) is 16.4. The van der Waals surface area contributed by atoms with E-state index in [4.69, 9.17) is 4.74 Å². The molecule has 0 aliphatic rings. The molecule has 21 heavy (non-hydrogen) atoms. The van der Waals surface area contributed by atoms with Gasteiger partial charge in [0.25, 0.3) is 0 Å². The van der Waals surface area contributed by atoms with Crippen LogP contribution >= 0.6 is 0 Å². The normalized spacial score (nSPS) is 10.3. The molecule has 2 heterocycles. The summed E-state index contributed by atoms with van der Waals surface area (Å²) < 4.78 is 6.74. The van der Waals surface area contributed by atoms with Crippen molar-refractivity contribution in [2.24, 2.45) is 0 Å². The molecule has 0 spiro atoms. The van der Waals surface area contributed by atoms with Crippen LogP contribution < -0.4 is 4.74 Å². The molecule has 0 saturated heterocycles. The standard InChI is InChI=1S/C16H13N3O2/c1-21-14-9-12(10-17-11-14)16(20)15-7-8-19(18-15)13-5-3-2-4-6-13/h2-11H,1H3. The summed E-state index contributed by atoms with van der Waals surface area (Å²) in [7, 11) is 1.54. The molecule has 0 saturated carbocycles. The molecule has 2 aromatic heterocycles. The molecule has 0 bridgehead atoms. The van der Waals surface area contributed by atoms with Crippen LogP contribution in [0, 0.1) is 0 Å². The zero-order valence-electron chi connectivity index (χ0n) is 11.4. The van der Waals surface area contributed by atoms with Crippen molar-refractivity contribution in [1.29, 1.82) is 0 Å². The highest BCUT2D eigenvalue weighted by Gasteiger charge is 2.14. The maximum absolute atomic E-state index is 12.4. The zero-order chi connectivity index (χ0) is 14.7. The summed E-state index contributed by atoms with van der Waals surface area (Å²) in [5.41, 5.74) is 1.72. The van der Waals surface area contributed by atoms with Gasteiger partial charge in [0.15, 0.2) is 0 Å². The van der Waals surface area contributed by atoms with E-state index >= 15 is 0 Å². The van der Waals surface area contributed by atoms with E-state index in [9.17, 15) is 4.79 Å². The quantitative estimate of drug-likeness (QED) is 0.688. The molecule has 0 atom stereocenters. The summed E-state index contributed by atoms with van der Waals surface area (Å²) in [5.74, 6) is 0.361. The van der Waals surface area contributed by atoms with Gasteiger partial charge >= 0.3 is 0 Å². The summed E-state index contributed by atoms with van der Waals surface area (Å²) in [6, 6.07) is 13.0. The van der Waals surface area contributed by atoms with Gasteiger partial charge in [0.1, 0.15) is 11.4 Å². The monoisotopic (exact) mass is 279 g/mol. The van der Waals surface area contributed by atoms with Gasteiger partial charge in [0.2, 0.25) is 5.78 Å². The number of methoxy groups -OCH3 is 1. The van der Waals surface area contributed by atoms with E-state index in [-0.39, 0.29) is 5.78 Å². The van der Waals surface area contributed by atoms with Crippen LogP contribution in [0.2, 0.25) is 0 Å². The van der Waals surface area contributed by atoms with E-state index in [1.54, 1.807) is 29.2 Å². The Labute approximate surface area is 121 Å². The number of ketones is 1. The molecule has 3 rings (SSSR count). The Kier molecular flexibility index (Phi) is 3.47. The van der Waals surface area contributed by atoms with Gasteiger partial charge in [0, 0.05) is 18.0 Å². The maximum atomic E-state index is 12.4. The molecule has 5 nitrogen and oxygen atoms in total. The molecule has 5 heteroatoms. The first kappa shape index (κ1) is 13.1. The third-order valence-corrected chi connectivity index (χ3v) is 3.05. The number of para-hydroxylation sites is 1. The van der Waals surface area contributed by atoms with Gasteiger partial charge in [0.05, 0.1) is 19.0 Å². The van der Waals surface area contributed by atoms with E-state index in [1.165, 1.54) is 13.3 Å². The lowest BCUT2D eigenvalue weighted by Gasteiger charge is -2.02. The van der Waals surface area contributed by atoms with Gasteiger partial charge in [-0.1, -0.05) is 18.2 Å². The molecule has 1 aromatic carbocycles. The fourth-order valence-electron chi connectivity index (χ4n) is 1.97. The van der Waals surface area contributed by atoms with E-state index in [1.807, 2.05) is 30.3 Å². The summed E-state index contributed by atoms with van der Waals surface area (Å²) in [5, 5.41) is 4.31. The van der Waals surface area contributed by atoms with Crippen LogP contribution in [0.15, 0.2) is 61.1 Å². The fraction of sp³-hybridized carbons (Fsp3) is 0.0625. The number of ether oxygens (including phenoxy) is 1. The van der Waals surface area contributed by atoms with Crippen LogP contribution in [0.5, 0.6) is 5.75 Å². The van der Waals surface area contributed by atoms with Crippen molar-refractivity contribution < 1.29 is 9.53 Å². The highest BCUT2D eigenvalue weighted by Crippen LogP contribution is 2.15. The highest BCUT2D eigenvalue weighted by atomic mass is 16.5. The van der Waals surface area contributed by atoms with Crippen molar-refractivity contribution >= 4 is 5.78 Å². The Morgan fingerprint density at radius 3 is 2.71 bits per heavy atom. The number of carbonyl (C=O) groups is 1. The van der Waals surface area contributed by atoms with E-state index in [0.717, 1.165) is 5.69 Å². The largest absolute Gasteiger partial charge is 0.495 e. The van der Waals surface area contributed by atoms with E-state index < -0.39 is 0 Å². The SMILES string of the molecule is COc1cncc(C(=O)c2ccn(-c3ccccc3)n2)c1. The van der Waals surface area contributed by atoms with Gasteiger partial charge in [-0.25, -0.2) is 4.68 Å². The molecule has 3 aromatic rings. The average molecular weight is 279 g/mol. The van der Waals surface area contributed by atoms with E-state index in [2.05, 4.69) is 10.1 Å². The fourth-order valence-corrected chi connectivity index (χ4v) is 1.97. The number of hydrogen-bond acceptors (Lipinski definition) is 4. The number of nitrogens with zero attached hydrogens (tertiary/aromatic N) is 3. The number of carbonyl (C=O) groups excluding carboxylic acids is 1.